The molecule has 0 spiro atoms. The first kappa shape index (κ1) is 17.4. The lowest BCUT2D eigenvalue weighted by molar-refractivity contribution is -0.136. The van der Waals surface area contributed by atoms with Gasteiger partial charge in [-0.2, -0.15) is 0 Å². The molecule has 5 heteroatoms. The highest BCUT2D eigenvalue weighted by Crippen LogP contribution is 2.06. The summed E-state index contributed by atoms with van der Waals surface area (Å²) in [4.78, 5) is 14.0. The van der Waals surface area contributed by atoms with E-state index >= 15 is 0 Å². The molecule has 0 bridgehead atoms. The summed E-state index contributed by atoms with van der Waals surface area (Å²) in [6.07, 6.45) is 0.721. The zero-order valence-electron chi connectivity index (χ0n) is 12.0. The fourth-order valence-electron chi connectivity index (χ4n) is 1.66. The summed E-state index contributed by atoms with van der Waals surface area (Å²) in [5, 5.41) is 0. The molecule has 2 N–H and O–H groups in total. The third kappa shape index (κ3) is 7.63. The topological polar surface area (TPSA) is 64.8 Å². The number of nitrogens with zero attached hydrogens (tertiary/aromatic N) is 1. The minimum Gasteiger partial charge on any atom is -0.380 e. The average molecular weight is 260 g/mol. The van der Waals surface area contributed by atoms with Crippen LogP contribution in [0.1, 0.15) is 27.2 Å². The molecule has 0 radical (unpaired) electrons. The first-order chi connectivity index (χ1) is 8.67. The number of rotatable bonds is 11. The maximum Gasteiger partial charge on any atom is 0.225 e. The molecule has 0 aromatic rings. The van der Waals surface area contributed by atoms with Gasteiger partial charge in [-0.25, -0.2) is 0 Å². The molecule has 0 aromatic carbocycles. The first-order valence-corrected chi connectivity index (χ1v) is 6.81. The first-order valence-electron chi connectivity index (χ1n) is 6.81. The zero-order chi connectivity index (χ0) is 13.8. The summed E-state index contributed by atoms with van der Waals surface area (Å²) >= 11 is 0. The Morgan fingerprint density at radius 3 is 2.06 bits per heavy atom. The fourth-order valence-corrected chi connectivity index (χ4v) is 1.66. The third-order valence-electron chi connectivity index (χ3n) is 2.75. The summed E-state index contributed by atoms with van der Waals surface area (Å²) in [5.41, 5.74) is 5.49. The van der Waals surface area contributed by atoms with Crippen LogP contribution < -0.4 is 5.73 Å². The zero-order valence-corrected chi connectivity index (χ0v) is 12.0. The van der Waals surface area contributed by atoms with Gasteiger partial charge in [-0.05, 0) is 26.8 Å². The number of hydrogen-bond acceptors (Lipinski definition) is 4. The van der Waals surface area contributed by atoms with Crippen molar-refractivity contribution in [2.24, 2.45) is 11.7 Å². The molecule has 0 fully saturated rings. The summed E-state index contributed by atoms with van der Waals surface area (Å²) < 4.78 is 10.6. The van der Waals surface area contributed by atoms with Crippen molar-refractivity contribution in [3.8, 4) is 0 Å². The van der Waals surface area contributed by atoms with E-state index in [0.29, 0.717) is 46.1 Å². The van der Waals surface area contributed by atoms with Gasteiger partial charge in [0.1, 0.15) is 0 Å². The molecule has 0 rings (SSSR count). The van der Waals surface area contributed by atoms with Gasteiger partial charge in [-0.1, -0.05) is 6.92 Å². The predicted molar refractivity (Wildman–Crippen MR) is 72.4 cm³/mol. The van der Waals surface area contributed by atoms with Crippen LogP contribution in [0, 0.1) is 5.92 Å². The van der Waals surface area contributed by atoms with E-state index in [1.54, 1.807) is 0 Å². The molecule has 0 saturated heterocycles. The monoisotopic (exact) mass is 260 g/mol. The lowest BCUT2D eigenvalue weighted by atomic mass is 10.1. The van der Waals surface area contributed by atoms with Crippen molar-refractivity contribution in [1.82, 2.24) is 4.90 Å². The minimum absolute atomic E-state index is 0.0294. The van der Waals surface area contributed by atoms with Crippen LogP contribution in [0.5, 0.6) is 0 Å². The van der Waals surface area contributed by atoms with Crippen LogP contribution >= 0.6 is 0 Å². The molecule has 0 heterocycles. The van der Waals surface area contributed by atoms with Gasteiger partial charge < -0.3 is 20.1 Å². The fraction of sp³-hybridized carbons (Fsp3) is 0.923. The molecule has 0 aliphatic carbocycles. The molecule has 1 atom stereocenters. The Morgan fingerprint density at radius 2 is 1.67 bits per heavy atom. The second-order valence-corrected chi connectivity index (χ2v) is 4.20. The number of carbonyl (C=O) groups is 1. The smallest absolute Gasteiger partial charge is 0.225 e. The van der Waals surface area contributed by atoms with Crippen molar-refractivity contribution in [2.75, 3.05) is 46.1 Å². The van der Waals surface area contributed by atoms with Crippen LogP contribution in [-0.4, -0.2) is 56.9 Å². The third-order valence-corrected chi connectivity index (χ3v) is 2.75. The van der Waals surface area contributed by atoms with E-state index in [9.17, 15) is 4.79 Å². The van der Waals surface area contributed by atoms with Crippen molar-refractivity contribution < 1.29 is 14.3 Å². The van der Waals surface area contributed by atoms with E-state index in [0.717, 1.165) is 6.42 Å². The summed E-state index contributed by atoms with van der Waals surface area (Å²) in [7, 11) is 0. The molecule has 1 unspecified atom stereocenters. The molecule has 18 heavy (non-hydrogen) atoms. The number of nitrogens with two attached hydrogens (primary N) is 1. The Kier molecular flexibility index (Phi) is 11.0. The summed E-state index contributed by atoms with van der Waals surface area (Å²) in [6.45, 7) is 10.1. The number of ether oxygens (including phenoxy) is 2. The van der Waals surface area contributed by atoms with Crippen molar-refractivity contribution in [1.29, 1.82) is 0 Å². The van der Waals surface area contributed by atoms with Crippen molar-refractivity contribution >= 4 is 5.91 Å². The maximum atomic E-state index is 12.2. The van der Waals surface area contributed by atoms with Gasteiger partial charge >= 0.3 is 0 Å². The van der Waals surface area contributed by atoms with Gasteiger partial charge in [-0.3, -0.25) is 4.79 Å². The summed E-state index contributed by atoms with van der Waals surface area (Å²) in [6, 6.07) is 0. The highest BCUT2D eigenvalue weighted by Gasteiger charge is 2.19. The van der Waals surface area contributed by atoms with Crippen molar-refractivity contribution in [2.45, 2.75) is 27.2 Å². The molecule has 1 amide bonds. The van der Waals surface area contributed by atoms with Gasteiger partial charge in [0.2, 0.25) is 5.91 Å². The Labute approximate surface area is 111 Å². The standard InChI is InChI=1S/C13H28N2O3/c1-4-17-10-8-15(9-11-18-5-2)13(16)12(3)6-7-14/h12H,4-11,14H2,1-3H3. The van der Waals surface area contributed by atoms with Crippen LogP contribution in [-0.2, 0) is 14.3 Å². The van der Waals surface area contributed by atoms with Gasteiger partial charge in [0, 0.05) is 32.2 Å². The van der Waals surface area contributed by atoms with Gasteiger partial charge in [0.25, 0.3) is 0 Å². The predicted octanol–water partition coefficient (Wildman–Crippen LogP) is 0.873. The van der Waals surface area contributed by atoms with Crippen LogP contribution in [0.4, 0.5) is 0 Å². The maximum absolute atomic E-state index is 12.2. The molecule has 0 saturated carbocycles. The normalized spacial score (nSPS) is 12.4. The molecule has 0 aliphatic rings. The van der Waals surface area contributed by atoms with Gasteiger partial charge in [0.05, 0.1) is 13.2 Å². The van der Waals surface area contributed by atoms with Crippen molar-refractivity contribution in [3.05, 3.63) is 0 Å². The highest BCUT2D eigenvalue weighted by atomic mass is 16.5. The second-order valence-electron chi connectivity index (χ2n) is 4.20. The Morgan fingerprint density at radius 1 is 1.17 bits per heavy atom. The molecule has 108 valence electrons. The van der Waals surface area contributed by atoms with E-state index < -0.39 is 0 Å². The Balaban J connectivity index is 4.19. The van der Waals surface area contributed by atoms with Gasteiger partial charge in [-0.15, -0.1) is 0 Å². The molecule has 0 aromatic heterocycles. The van der Waals surface area contributed by atoms with E-state index in [1.807, 2.05) is 25.7 Å². The van der Waals surface area contributed by atoms with E-state index in [-0.39, 0.29) is 11.8 Å². The second kappa shape index (κ2) is 11.4. The van der Waals surface area contributed by atoms with E-state index in [2.05, 4.69) is 0 Å². The largest absolute Gasteiger partial charge is 0.380 e. The number of carbonyl (C=O) groups excluding carboxylic acids is 1. The Bertz CT molecular complexity index is 202. The lowest BCUT2D eigenvalue weighted by Gasteiger charge is -2.25. The van der Waals surface area contributed by atoms with Crippen LogP contribution in [0.25, 0.3) is 0 Å². The lowest BCUT2D eigenvalue weighted by Crippen LogP contribution is -2.40. The van der Waals surface area contributed by atoms with E-state index in [4.69, 9.17) is 15.2 Å². The Hall–Kier alpha value is -0.650. The number of amides is 1. The van der Waals surface area contributed by atoms with Crippen LogP contribution in [0.15, 0.2) is 0 Å². The quantitative estimate of drug-likeness (QED) is 0.560. The summed E-state index contributed by atoms with van der Waals surface area (Å²) in [5.74, 6) is 0.109. The molecule has 5 nitrogen and oxygen atoms in total. The molecular weight excluding hydrogens is 232 g/mol. The SMILES string of the molecule is CCOCCN(CCOCC)C(=O)C(C)CCN. The van der Waals surface area contributed by atoms with Crippen molar-refractivity contribution in [3.63, 3.8) is 0 Å². The molecule has 0 aliphatic heterocycles. The molecular formula is C13H28N2O3. The average Bonchev–Trinajstić information content (AvgIpc) is 2.37. The highest BCUT2D eigenvalue weighted by molar-refractivity contribution is 5.78. The number of hydrogen-bond donors (Lipinski definition) is 1. The van der Waals surface area contributed by atoms with Gasteiger partial charge in [0.15, 0.2) is 0 Å². The minimum atomic E-state index is -0.0294. The van der Waals surface area contributed by atoms with Crippen LogP contribution in [0.2, 0.25) is 0 Å². The van der Waals surface area contributed by atoms with Crippen LogP contribution in [0.3, 0.4) is 0 Å². The van der Waals surface area contributed by atoms with E-state index in [1.165, 1.54) is 0 Å².